The number of hydrogen-bond donors (Lipinski definition) is 2. The van der Waals surface area contributed by atoms with Crippen LogP contribution in [0.3, 0.4) is 0 Å². The average molecular weight is 318 g/mol. The lowest BCUT2D eigenvalue weighted by atomic mass is 10.0. The Morgan fingerprint density at radius 1 is 1.48 bits per heavy atom. The molecule has 23 heavy (non-hydrogen) atoms. The molecule has 1 aliphatic rings. The van der Waals surface area contributed by atoms with Crippen molar-refractivity contribution >= 4 is 5.82 Å². The highest BCUT2D eigenvalue weighted by Gasteiger charge is 2.20. The van der Waals surface area contributed by atoms with E-state index in [1.54, 1.807) is 13.2 Å². The van der Waals surface area contributed by atoms with Gasteiger partial charge in [0.05, 0.1) is 12.8 Å². The minimum Gasteiger partial charge on any atom is -0.496 e. The first kappa shape index (κ1) is 15.8. The summed E-state index contributed by atoms with van der Waals surface area (Å²) in [5.41, 5.74) is 1.87. The van der Waals surface area contributed by atoms with Crippen LogP contribution in [0.25, 0.3) is 0 Å². The molecule has 0 fully saturated rings. The van der Waals surface area contributed by atoms with Gasteiger partial charge in [0.25, 0.3) is 0 Å². The summed E-state index contributed by atoms with van der Waals surface area (Å²) < 4.78 is 20.8. The van der Waals surface area contributed by atoms with Crippen molar-refractivity contribution in [2.24, 2.45) is 5.92 Å². The molecule has 124 valence electrons. The molecule has 0 unspecified atom stereocenters. The first-order valence-corrected chi connectivity index (χ1v) is 7.92. The highest BCUT2D eigenvalue weighted by atomic mass is 19.1. The lowest BCUT2D eigenvalue weighted by Crippen LogP contribution is -2.36. The SMILES string of the molecule is COc1ccc(F)cc1[C@@H](C)NC[C@@H]1CNc2cc(C)nn2C1. The second kappa shape index (κ2) is 6.58. The molecule has 2 atom stereocenters. The number of methoxy groups -OCH3 is 1. The fraction of sp³-hybridized carbons (Fsp3) is 0.471. The number of rotatable bonds is 5. The van der Waals surface area contributed by atoms with Gasteiger partial charge in [0.1, 0.15) is 17.4 Å². The van der Waals surface area contributed by atoms with Crippen molar-refractivity contribution in [3.63, 3.8) is 0 Å². The van der Waals surface area contributed by atoms with Crippen LogP contribution in [-0.4, -0.2) is 30.0 Å². The van der Waals surface area contributed by atoms with E-state index in [0.717, 1.165) is 36.7 Å². The summed E-state index contributed by atoms with van der Waals surface area (Å²) >= 11 is 0. The molecule has 0 amide bonds. The normalized spacial score (nSPS) is 18.2. The molecular weight excluding hydrogens is 295 g/mol. The molecule has 2 N–H and O–H groups in total. The molecule has 2 heterocycles. The van der Waals surface area contributed by atoms with E-state index in [4.69, 9.17) is 4.74 Å². The van der Waals surface area contributed by atoms with Crippen molar-refractivity contribution in [1.29, 1.82) is 0 Å². The lowest BCUT2D eigenvalue weighted by molar-refractivity contribution is 0.366. The summed E-state index contributed by atoms with van der Waals surface area (Å²) in [6, 6.07) is 6.70. The quantitative estimate of drug-likeness (QED) is 0.890. The third-order valence-electron chi connectivity index (χ3n) is 4.28. The zero-order valence-corrected chi connectivity index (χ0v) is 13.8. The second-order valence-corrected chi connectivity index (χ2v) is 6.12. The predicted molar refractivity (Wildman–Crippen MR) is 88.3 cm³/mol. The van der Waals surface area contributed by atoms with Gasteiger partial charge in [-0.2, -0.15) is 5.10 Å². The molecule has 5 nitrogen and oxygen atoms in total. The minimum absolute atomic E-state index is 0.0152. The highest BCUT2D eigenvalue weighted by Crippen LogP contribution is 2.26. The predicted octanol–water partition coefficient (Wildman–Crippen LogP) is 2.73. The number of nitrogens with zero attached hydrogens (tertiary/aromatic N) is 2. The van der Waals surface area contributed by atoms with Gasteiger partial charge in [0.2, 0.25) is 0 Å². The number of benzene rings is 1. The fourth-order valence-corrected chi connectivity index (χ4v) is 3.02. The molecule has 0 bridgehead atoms. The molecule has 1 aliphatic heterocycles. The Morgan fingerprint density at radius 2 is 2.30 bits per heavy atom. The monoisotopic (exact) mass is 318 g/mol. The van der Waals surface area contributed by atoms with Crippen LogP contribution in [0, 0.1) is 18.7 Å². The molecule has 2 aromatic rings. The number of nitrogens with one attached hydrogen (secondary N) is 2. The Kier molecular flexibility index (Phi) is 4.52. The maximum atomic E-state index is 13.5. The van der Waals surface area contributed by atoms with Crippen LogP contribution in [0.1, 0.15) is 24.2 Å². The third-order valence-corrected chi connectivity index (χ3v) is 4.28. The van der Waals surface area contributed by atoms with Crippen molar-refractivity contribution in [1.82, 2.24) is 15.1 Å². The lowest BCUT2D eigenvalue weighted by Gasteiger charge is -2.27. The van der Waals surface area contributed by atoms with Gasteiger partial charge in [-0.15, -0.1) is 0 Å². The van der Waals surface area contributed by atoms with Gasteiger partial charge in [-0.1, -0.05) is 0 Å². The molecule has 1 aromatic heterocycles. The van der Waals surface area contributed by atoms with Crippen LogP contribution in [0.2, 0.25) is 0 Å². The molecular formula is C17H23FN4O. The van der Waals surface area contributed by atoms with Gasteiger partial charge in [0, 0.05) is 43.2 Å². The Bertz CT molecular complexity index is 685. The first-order valence-electron chi connectivity index (χ1n) is 7.92. The van der Waals surface area contributed by atoms with Crippen molar-refractivity contribution < 1.29 is 9.13 Å². The van der Waals surface area contributed by atoms with E-state index < -0.39 is 0 Å². The largest absolute Gasteiger partial charge is 0.496 e. The summed E-state index contributed by atoms with van der Waals surface area (Å²) in [5.74, 6) is 1.98. The highest BCUT2D eigenvalue weighted by molar-refractivity contribution is 5.38. The topological polar surface area (TPSA) is 51.1 Å². The van der Waals surface area contributed by atoms with Gasteiger partial charge >= 0.3 is 0 Å². The standard InChI is InChI=1S/C17H23FN4O/c1-11-6-17-20-9-13(10-22(17)21-11)8-19-12(2)15-7-14(18)4-5-16(15)23-3/h4-7,12-13,19-20H,8-10H2,1-3H3/t12-,13-/m1/s1. The van der Waals surface area contributed by atoms with E-state index in [-0.39, 0.29) is 11.9 Å². The van der Waals surface area contributed by atoms with Gasteiger partial charge in [-0.3, -0.25) is 0 Å². The molecule has 0 saturated heterocycles. The number of ether oxygens (including phenoxy) is 1. The zero-order valence-electron chi connectivity index (χ0n) is 13.8. The third kappa shape index (κ3) is 3.47. The van der Waals surface area contributed by atoms with Crippen molar-refractivity contribution in [2.75, 3.05) is 25.5 Å². The van der Waals surface area contributed by atoms with Crippen molar-refractivity contribution in [3.8, 4) is 5.75 Å². The van der Waals surface area contributed by atoms with E-state index in [1.165, 1.54) is 12.1 Å². The van der Waals surface area contributed by atoms with Crippen LogP contribution in [0.4, 0.5) is 10.2 Å². The number of halogens is 1. The summed E-state index contributed by atoms with van der Waals surface area (Å²) in [6.07, 6.45) is 0. The Labute approximate surface area is 135 Å². The van der Waals surface area contributed by atoms with E-state index in [2.05, 4.69) is 21.8 Å². The first-order chi connectivity index (χ1) is 11.1. The molecule has 0 spiro atoms. The van der Waals surface area contributed by atoms with Gasteiger partial charge in [-0.05, 0) is 32.0 Å². The fourth-order valence-electron chi connectivity index (χ4n) is 3.02. The summed E-state index contributed by atoms with van der Waals surface area (Å²) in [4.78, 5) is 0. The van der Waals surface area contributed by atoms with Crippen LogP contribution >= 0.6 is 0 Å². The van der Waals surface area contributed by atoms with Crippen LogP contribution < -0.4 is 15.4 Å². The van der Waals surface area contributed by atoms with Crippen LogP contribution in [0.5, 0.6) is 5.75 Å². The summed E-state index contributed by atoms with van der Waals surface area (Å²) in [5, 5.41) is 11.4. The molecule has 1 aromatic carbocycles. The van der Waals surface area contributed by atoms with Gasteiger partial charge in [0.15, 0.2) is 0 Å². The molecule has 3 rings (SSSR count). The average Bonchev–Trinajstić information content (AvgIpc) is 2.91. The number of fused-ring (bicyclic) bond motifs is 1. The smallest absolute Gasteiger partial charge is 0.124 e. The van der Waals surface area contributed by atoms with Crippen LogP contribution in [0.15, 0.2) is 24.3 Å². The van der Waals surface area contributed by atoms with Gasteiger partial charge < -0.3 is 15.4 Å². The summed E-state index contributed by atoms with van der Waals surface area (Å²) in [7, 11) is 1.61. The Hall–Kier alpha value is -2.08. The van der Waals surface area contributed by atoms with Crippen molar-refractivity contribution in [3.05, 3.63) is 41.3 Å². The number of anilines is 1. The summed E-state index contributed by atoms with van der Waals surface area (Å²) in [6.45, 7) is 6.64. The molecule has 0 aliphatic carbocycles. The maximum Gasteiger partial charge on any atom is 0.124 e. The number of aryl methyl sites for hydroxylation is 1. The Morgan fingerprint density at radius 3 is 3.09 bits per heavy atom. The number of hydrogen-bond acceptors (Lipinski definition) is 4. The van der Waals surface area contributed by atoms with Crippen LogP contribution in [-0.2, 0) is 6.54 Å². The Balaban J connectivity index is 1.61. The van der Waals surface area contributed by atoms with Gasteiger partial charge in [-0.25, -0.2) is 9.07 Å². The second-order valence-electron chi connectivity index (χ2n) is 6.12. The van der Waals surface area contributed by atoms with E-state index in [9.17, 15) is 4.39 Å². The molecule has 0 radical (unpaired) electrons. The number of aromatic nitrogens is 2. The molecule has 0 saturated carbocycles. The van der Waals surface area contributed by atoms with E-state index >= 15 is 0 Å². The minimum atomic E-state index is -0.245. The van der Waals surface area contributed by atoms with E-state index in [0.29, 0.717) is 11.7 Å². The van der Waals surface area contributed by atoms with Crippen molar-refractivity contribution in [2.45, 2.75) is 26.4 Å². The molecule has 6 heteroatoms. The zero-order chi connectivity index (χ0) is 16.4. The van der Waals surface area contributed by atoms with E-state index in [1.807, 2.05) is 18.5 Å². The maximum absolute atomic E-state index is 13.5.